The Balaban J connectivity index is 1.75. The van der Waals surface area contributed by atoms with E-state index in [0.717, 1.165) is 0 Å². The summed E-state index contributed by atoms with van der Waals surface area (Å²) in [7, 11) is 0. The van der Waals surface area contributed by atoms with Crippen molar-refractivity contribution in [1.29, 1.82) is 0 Å². The van der Waals surface area contributed by atoms with Gasteiger partial charge >= 0.3 is 0 Å². The van der Waals surface area contributed by atoms with Gasteiger partial charge in [-0.05, 0) is 36.4 Å². The van der Waals surface area contributed by atoms with E-state index in [-0.39, 0.29) is 0 Å². The van der Waals surface area contributed by atoms with Crippen LogP contribution in [0.25, 0.3) is 0 Å². The van der Waals surface area contributed by atoms with Crippen molar-refractivity contribution < 1.29 is 0 Å². The van der Waals surface area contributed by atoms with Crippen LogP contribution in [0.2, 0.25) is 0 Å². The Morgan fingerprint density at radius 3 is 0.955 bits per heavy atom. The molecule has 0 unspecified atom stereocenters. The van der Waals surface area contributed by atoms with Crippen LogP contribution in [0.15, 0.2) is 106 Å². The number of benzene rings is 3. The quantitative estimate of drug-likeness (QED) is 0.453. The van der Waals surface area contributed by atoms with Gasteiger partial charge in [0.25, 0.3) is 0 Å². The fourth-order valence-corrected chi connectivity index (χ4v) is 5.51. The van der Waals surface area contributed by atoms with Gasteiger partial charge in [-0.15, -0.1) is 0 Å². The van der Waals surface area contributed by atoms with Crippen molar-refractivity contribution in [2.75, 3.05) is 0 Å². The molecule has 109 valence electrons. The normalized spacial score (nSPS) is 10.8. The second kappa shape index (κ2) is 8.37. The molecule has 3 heteroatoms. The van der Waals surface area contributed by atoms with Crippen molar-refractivity contribution in [2.24, 2.45) is 0 Å². The van der Waals surface area contributed by atoms with Gasteiger partial charge in [0.1, 0.15) is 0 Å². The van der Waals surface area contributed by atoms with Gasteiger partial charge in [0.15, 0.2) is 3.91 Å². The minimum absolute atomic E-state index is 1.27. The third-order valence-electron chi connectivity index (χ3n) is 2.83. The zero-order chi connectivity index (χ0) is 15.0. The van der Waals surface area contributed by atoms with Crippen LogP contribution in [-0.2, 0) is 0 Å². The number of hydrogen-bond acceptors (Lipinski definition) is 3. The molecule has 0 saturated carbocycles. The van der Waals surface area contributed by atoms with Crippen LogP contribution in [0.5, 0.6) is 0 Å². The maximum Gasteiger partial charge on any atom is 0.154 e. The van der Waals surface area contributed by atoms with Gasteiger partial charge in [-0.1, -0.05) is 89.9 Å². The van der Waals surface area contributed by atoms with Crippen LogP contribution in [0.3, 0.4) is 0 Å². The molecule has 22 heavy (non-hydrogen) atoms. The Hall–Kier alpha value is -1.29. The van der Waals surface area contributed by atoms with Crippen molar-refractivity contribution >= 4 is 35.3 Å². The highest BCUT2D eigenvalue weighted by molar-refractivity contribution is 8.36. The number of thioether (sulfide) groups is 3. The molecular weight excluding hydrogens is 324 g/mol. The molecule has 0 aliphatic rings. The summed E-state index contributed by atoms with van der Waals surface area (Å²) < 4.78 is 1.31. The van der Waals surface area contributed by atoms with Gasteiger partial charge in [0.05, 0.1) is 0 Å². The summed E-state index contributed by atoms with van der Waals surface area (Å²) in [5, 5.41) is 0. The van der Waals surface area contributed by atoms with E-state index in [2.05, 4.69) is 91.0 Å². The summed E-state index contributed by atoms with van der Waals surface area (Å²) in [4.78, 5) is 3.80. The number of hydrogen-bond donors (Lipinski definition) is 0. The number of rotatable bonds is 6. The van der Waals surface area contributed by atoms with Crippen LogP contribution >= 0.6 is 35.3 Å². The van der Waals surface area contributed by atoms with Crippen LogP contribution < -0.4 is 0 Å². The Bertz CT molecular complexity index is 570. The lowest BCUT2D eigenvalue weighted by Gasteiger charge is -2.14. The molecular formula is C19H15S3. The lowest BCUT2D eigenvalue weighted by atomic mass is 10.4. The molecule has 0 bridgehead atoms. The van der Waals surface area contributed by atoms with Gasteiger partial charge in [-0.25, -0.2) is 0 Å². The first-order valence-electron chi connectivity index (χ1n) is 6.96. The summed E-state index contributed by atoms with van der Waals surface area (Å²) >= 11 is 5.46. The average Bonchev–Trinajstić information content (AvgIpc) is 2.57. The molecule has 0 saturated heterocycles. The van der Waals surface area contributed by atoms with Gasteiger partial charge in [0.2, 0.25) is 0 Å². The van der Waals surface area contributed by atoms with Crippen LogP contribution in [0.4, 0.5) is 0 Å². The first-order valence-corrected chi connectivity index (χ1v) is 9.41. The van der Waals surface area contributed by atoms with Crippen molar-refractivity contribution in [2.45, 2.75) is 14.7 Å². The fourth-order valence-electron chi connectivity index (χ4n) is 1.82. The molecule has 3 aromatic carbocycles. The zero-order valence-corrected chi connectivity index (χ0v) is 14.3. The van der Waals surface area contributed by atoms with Gasteiger partial charge < -0.3 is 0 Å². The third-order valence-corrected chi connectivity index (χ3v) is 6.36. The summed E-state index contributed by atoms with van der Waals surface area (Å²) in [6.45, 7) is 0. The highest BCUT2D eigenvalue weighted by Crippen LogP contribution is 2.51. The minimum atomic E-state index is 1.27. The topological polar surface area (TPSA) is 0 Å². The Kier molecular flexibility index (Phi) is 5.94. The van der Waals surface area contributed by atoms with E-state index < -0.39 is 0 Å². The van der Waals surface area contributed by atoms with Gasteiger partial charge in [-0.2, -0.15) is 0 Å². The van der Waals surface area contributed by atoms with E-state index in [1.165, 1.54) is 18.6 Å². The molecule has 3 rings (SSSR count). The average molecular weight is 340 g/mol. The molecule has 0 spiro atoms. The largest absolute Gasteiger partial charge is 0.154 e. The molecule has 0 aromatic heterocycles. The van der Waals surface area contributed by atoms with E-state index in [1.54, 1.807) is 0 Å². The minimum Gasteiger partial charge on any atom is -0.0933 e. The van der Waals surface area contributed by atoms with Crippen LogP contribution in [-0.4, -0.2) is 0 Å². The molecule has 0 fully saturated rings. The van der Waals surface area contributed by atoms with Crippen molar-refractivity contribution in [1.82, 2.24) is 0 Å². The fraction of sp³-hybridized carbons (Fsp3) is 0. The molecule has 3 aromatic rings. The van der Waals surface area contributed by atoms with Gasteiger partial charge in [0, 0.05) is 14.7 Å². The zero-order valence-electron chi connectivity index (χ0n) is 11.9. The molecule has 0 aliphatic heterocycles. The van der Waals surface area contributed by atoms with E-state index >= 15 is 0 Å². The highest BCUT2D eigenvalue weighted by Gasteiger charge is 2.15. The maximum absolute atomic E-state index is 2.15. The smallest absolute Gasteiger partial charge is 0.0933 e. The maximum atomic E-state index is 2.15. The van der Waals surface area contributed by atoms with Crippen LogP contribution in [0.1, 0.15) is 0 Å². The summed E-state index contributed by atoms with van der Waals surface area (Å²) in [6.07, 6.45) is 0. The van der Waals surface area contributed by atoms with E-state index in [1.807, 2.05) is 35.3 Å². The molecule has 0 aliphatic carbocycles. The summed E-state index contributed by atoms with van der Waals surface area (Å²) in [5.74, 6) is 0. The first kappa shape index (κ1) is 15.6. The Morgan fingerprint density at radius 2 is 0.682 bits per heavy atom. The first-order chi connectivity index (χ1) is 10.9. The molecule has 0 atom stereocenters. The van der Waals surface area contributed by atoms with Crippen molar-refractivity contribution in [3.8, 4) is 0 Å². The van der Waals surface area contributed by atoms with Gasteiger partial charge in [-0.3, -0.25) is 0 Å². The summed E-state index contributed by atoms with van der Waals surface area (Å²) in [5.41, 5.74) is 0. The van der Waals surface area contributed by atoms with E-state index in [4.69, 9.17) is 0 Å². The predicted molar refractivity (Wildman–Crippen MR) is 100 cm³/mol. The highest BCUT2D eigenvalue weighted by atomic mass is 32.3. The predicted octanol–water partition coefficient (Wildman–Crippen LogP) is 6.81. The molecule has 0 heterocycles. The second-order valence-electron chi connectivity index (χ2n) is 4.50. The second-order valence-corrected chi connectivity index (χ2v) is 8.52. The molecule has 1 radical (unpaired) electrons. The van der Waals surface area contributed by atoms with E-state index in [9.17, 15) is 0 Å². The molecule has 0 nitrogen and oxygen atoms in total. The Morgan fingerprint density at radius 1 is 0.409 bits per heavy atom. The van der Waals surface area contributed by atoms with Crippen molar-refractivity contribution in [3.05, 3.63) is 94.9 Å². The van der Waals surface area contributed by atoms with E-state index in [0.29, 0.717) is 0 Å². The van der Waals surface area contributed by atoms with Crippen molar-refractivity contribution in [3.63, 3.8) is 0 Å². The lowest BCUT2D eigenvalue weighted by Crippen LogP contribution is -1.82. The lowest BCUT2D eigenvalue weighted by molar-refractivity contribution is 1.45. The monoisotopic (exact) mass is 339 g/mol. The summed E-state index contributed by atoms with van der Waals surface area (Å²) in [6, 6.07) is 31.6. The SMILES string of the molecule is c1ccc(S[C](Sc2ccccc2)Sc2ccccc2)cc1. The van der Waals surface area contributed by atoms with Crippen LogP contribution in [0, 0.1) is 3.91 Å². The standard InChI is InChI=1S/C19H15S3/c1-4-10-16(11-5-1)20-19(21-17-12-6-2-7-13-17)22-18-14-8-3-9-15-18/h1-15H. The molecule has 0 amide bonds. The molecule has 0 N–H and O–H groups in total. The Labute approximate surface area is 144 Å². The third kappa shape index (κ3) is 4.87.